The number of hydrogen-bond donors (Lipinski definition) is 0. The molecule has 110 valence electrons. The smallest absolute Gasteiger partial charge is 0.200 e. The monoisotopic (exact) mass is 356 g/mol. The Bertz CT molecular complexity index is 674. The lowest BCUT2D eigenvalue weighted by atomic mass is 10.1. The number of carbonyl (C=O) groups excluding carboxylic acids is 1. The Morgan fingerprint density at radius 2 is 1.76 bits per heavy atom. The maximum Gasteiger partial charge on any atom is 0.200 e. The third kappa shape index (κ3) is 3.78. The first-order valence-electron chi connectivity index (χ1n) is 5.96. The van der Waals surface area contributed by atoms with Gasteiger partial charge >= 0.3 is 0 Å². The summed E-state index contributed by atoms with van der Waals surface area (Å²) in [4.78, 5) is 11.9. The molecule has 2 aromatic rings. The molecule has 0 amide bonds. The molecule has 2 aromatic carbocycles. The molecule has 0 radical (unpaired) electrons. The molecule has 3 nitrogen and oxygen atoms in total. The quantitative estimate of drug-likeness (QED) is 0.759. The summed E-state index contributed by atoms with van der Waals surface area (Å²) in [6, 6.07) is 8.06. The molecule has 21 heavy (non-hydrogen) atoms. The van der Waals surface area contributed by atoms with Crippen LogP contribution in [0.2, 0.25) is 0 Å². The van der Waals surface area contributed by atoms with Gasteiger partial charge in [0.1, 0.15) is 0 Å². The molecule has 0 unspecified atom stereocenters. The Morgan fingerprint density at radius 1 is 1.10 bits per heavy atom. The molecule has 0 aliphatic rings. The molecule has 0 atom stereocenters. The van der Waals surface area contributed by atoms with Crippen LogP contribution in [-0.4, -0.2) is 19.5 Å². The molecule has 0 spiro atoms. The number of Topliss-reactive ketones (excluding diaryl/α,β-unsaturated/α-hetero) is 1. The van der Waals surface area contributed by atoms with Crippen molar-refractivity contribution in [2.45, 2.75) is 0 Å². The van der Waals surface area contributed by atoms with Crippen LogP contribution >= 0.6 is 15.9 Å². The van der Waals surface area contributed by atoms with Crippen LogP contribution in [0.1, 0.15) is 10.4 Å². The summed E-state index contributed by atoms with van der Waals surface area (Å²) in [5.74, 6) is -1.68. The summed E-state index contributed by atoms with van der Waals surface area (Å²) in [6.07, 6.45) is 0. The van der Waals surface area contributed by atoms with E-state index in [1.165, 1.54) is 31.4 Å². The topological polar surface area (TPSA) is 35.5 Å². The molecule has 6 heteroatoms. The van der Waals surface area contributed by atoms with Gasteiger partial charge in [0.05, 0.1) is 7.11 Å². The Hall–Kier alpha value is -1.95. The summed E-state index contributed by atoms with van der Waals surface area (Å²) >= 11 is 3.12. The van der Waals surface area contributed by atoms with Gasteiger partial charge in [-0.3, -0.25) is 4.79 Å². The van der Waals surface area contributed by atoms with Gasteiger partial charge in [-0.05, 0) is 36.4 Å². The molecule has 0 N–H and O–H groups in total. The van der Waals surface area contributed by atoms with Crippen LogP contribution in [-0.2, 0) is 0 Å². The van der Waals surface area contributed by atoms with Gasteiger partial charge in [0.2, 0.25) is 0 Å². The molecule has 0 fully saturated rings. The predicted octanol–water partition coefficient (Wildman–Crippen LogP) is 4.00. The summed E-state index contributed by atoms with van der Waals surface area (Å²) in [5.41, 5.74) is 0.130. The van der Waals surface area contributed by atoms with E-state index in [9.17, 15) is 13.6 Å². The van der Waals surface area contributed by atoms with Crippen LogP contribution in [0, 0.1) is 11.6 Å². The fourth-order valence-electron chi connectivity index (χ4n) is 1.66. The van der Waals surface area contributed by atoms with Crippen molar-refractivity contribution in [2.75, 3.05) is 13.7 Å². The summed E-state index contributed by atoms with van der Waals surface area (Å²) in [6.45, 7) is -0.385. The van der Waals surface area contributed by atoms with Crippen LogP contribution in [0.5, 0.6) is 11.5 Å². The van der Waals surface area contributed by atoms with Gasteiger partial charge in [0, 0.05) is 10.0 Å². The second kappa shape index (κ2) is 6.67. The molecular weight excluding hydrogens is 346 g/mol. The highest BCUT2D eigenvalue weighted by Crippen LogP contribution is 2.22. The van der Waals surface area contributed by atoms with Crippen molar-refractivity contribution in [3.8, 4) is 11.5 Å². The number of rotatable bonds is 5. The summed E-state index contributed by atoms with van der Waals surface area (Å²) in [5, 5.41) is 0. The first kappa shape index (κ1) is 15.4. The van der Waals surface area contributed by atoms with E-state index in [0.29, 0.717) is 4.47 Å². The van der Waals surface area contributed by atoms with Crippen LogP contribution in [0.25, 0.3) is 0 Å². The zero-order valence-electron chi connectivity index (χ0n) is 11.0. The van der Waals surface area contributed by atoms with Gasteiger partial charge in [-0.15, -0.1) is 0 Å². The fraction of sp³-hybridized carbons (Fsp3) is 0.133. The van der Waals surface area contributed by atoms with Gasteiger partial charge < -0.3 is 9.47 Å². The highest BCUT2D eigenvalue weighted by molar-refractivity contribution is 9.10. The Labute approximate surface area is 128 Å². The van der Waals surface area contributed by atoms with E-state index in [1.807, 2.05) is 0 Å². The minimum Gasteiger partial charge on any atom is -0.494 e. The highest BCUT2D eigenvalue weighted by Gasteiger charge is 2.12. The molecule has 0 aromatic heterocycles. The van der Waals surface area contributed by atoms with Gasteiger partial charge in [0.15, 0.2) is 35.5 Å². The number of ether oxygens (including phenoxy) is 2. The van der Waals surface area contributed by atoms with Gasteiger partial charge in [-0.25, -0.2) is 8.78 Å². The lowest BCUT2D eigenvalue weighted by molar-refractivity contribution is 0.0918. The third-order valence-corrected chi connectivity index (χ3v) is 3.22. The first-order chi connectivity index (χ1) is 10.0. The molecule has 0 aliphatic carbocycles. The number of hydrogen-bond acceptors (Lipinski definition) is 3. The zero-order chi connectivity index (χ0) is 15.4. The number of carbonyl (C=O) groups is 1. The van der Waals surface area contributed by atoms with Crippen molar-refractivity contribution in [3.63, 3.8) is 0 Å². The highest BCUT2D eigenvalue weighted by atomic mass is 79.9. The van der Waals surface area contributed by atoms with E-state index in [2.05, 4.69) is 15.9 Å². The molecule has 0 bridgehead atoms. The molecule has 2 rings (SSSR count). The van der Waals surface area contributed by atoms with Crippen molar-refractivity contribution < 1.29 is 23.0 Å². The van der Waals surface area contributed by atoms with Crippen molar-refractivity contribution in [1.29, 1.82) is 0 Å². The number of methoxy groups -OCH3 is 1. The van der Waals surface area contributed by atoms with E-state index >= 15 is 0 Å². The van der Waals surface area contributed by atoms with Gasteiger partial charge in [-0.2, -0.15) is 0 Å². The maximum atomic E-state index is 13.5. The first-order valence-corrected chi connectivity index (χ1v) is 6.75. The van der Waals surface area contributed by atoms with Crippen molar-refractivity contribution in [2.24, 2.45) is 0 Å². The predicted molar refractivity (Wildman–Crippen MR) is 76.9 cm³/mol. The largest absolute Gasteiger partial charge is 0.494 e. The number of ketones is 1. The molecule has 0 saturated carbocycles. The minimum atomic E-state index is -0.641. The molecule has 0 saturated heterocycles. The van der Waals surface area contributed by atoms with E-state index < -0.39 is 17.4 Å². The summed E-state index contributed by atoms with van der Waals surface area (Å²) in [7, 11) is 1.33. The van der Waals surface area contributed by atoms with E-state index in [4.69, 9.17) is 9.47 Å². The SMILES string of the molecule is COc1ccc(C(=O)COc2ccc(Br)cc2F)cc1F. The lowest BCUT2D eigenvalue weighted by Gasteiger charge is -2.08. The molecule has 0 aliphatic heterocycles. The second-order valence-corrected chi connectivity index (χ2v) is 5.05. The van der Waals surface area contributed by atoms with E-state index in [-0.39, 0.29) is 23.7 Å². The van der Waals surface area contributed by atoms with Gasteiger partial charge in [-0.1, -0.05) is 15.9 Å². The normalized spacial score (nSPS) is 10.3. The van der Waals surface area contributed by atoms with Crippen LogP contribution in [0.3, 0.4) is 0 Å². The number of halogens is 3. The van der Waals surface area contributed by atoms with Crippen LogP contribution in [0.4, 0.5) is 8.78 Å². The van der Waals surface area contributed by atoms with Crippen molar-refractivity contribution in [1.82, 2.24) is 0 Å². The standard InChI is InChI=1S/C15H11BrF2O3/c1-20-14-4-2-9(6-11(14)17)13(19)8-21-15-5-3-10(16)7-12(15)18/h2-7H,8H2,1H3. The fourth-order valence-corrected chi connectivity index (χ4v) is 1.99. The van der Waals surface area contributed by atoms with Crippen LogP contribution in [0.15, 0.2) is 40.9 Å². The third-order valence-electron chi connectivity index (χ3n) is 2.73. The number of benzene rings is 2. The van der Waals surface area contributed by atoms with E-state index in [1.54, 1.807) is 6.07 Å². The second-order valence-electron chi connectivity index (χ2n) is 4.14. The average molecular weight is 357 g/mol. The van der Waals surface area contributed by atoms with Crippen molar-refractivity contribution >= 4 is 21.7 Å². The summed E-state index contributed by atoms with van der Waals surface area (Å²) < 4.78 is 37.5. The van der Waals surface area contributed by atoms with Gasteiger partial charge in [0.25, 0.3) is 0 Å². The maximum absolute atomic E-state index is 13.5. The Kier molecular flexibility index (Phi) is 4.90. The Balaban J connectivity index is 2.06. The Morgan fingerprint density at radius 3 is 2.38 bits per heavy atom. The molecule has 0 heterocycles. The average Bonchev–Trinajstić information content (AvgIpc) is 2.46. The van der Waals surface area contributed by atoms with Crippen LogP contribution < -0.4 is 9.47 Å². The lowest BCUT2D eigenvalue weighted by Crippen LogP contribution is -2.12. The molecular formula is C15H11BrF2O3. The van der Waals surface area contributed by atoms with E-state index in [0.717, 1.165) is 6.07 Å². The van der Waals surface area contributed by atoms with Crippen molar-refractivity contribution in [3.05, 3.63) is 58.1 Å². The minimum absolute atomic E-state index is 0.0412. The zero-order valence-corrected chi connectivity index (χ0v) is 12.6.